The van der Waals surface area contributed by atoms with Gasteiger partial charge < -0.3 is 19.8 Å². The van der Waals surface area contributed by atoms with E-state index in [1.165, 1.54) is 5.56 Å². The van der Waals surface area contributed by atoms with E-state index in [0.717, 1.165) is 87.6 Å². The van der Waals surface area contributed by atoms with Crippen LogP contribution in [0.1, 0.15) is 42.7 Å². The van der Waals surface area contributed by atoms with E-state index in [9.17, 15) is 0 Å². The number of aryl methyl sites for hydroxylation is 2. The van der Waals surface area contributed by atoms with Gasteiger partial charge in [-0.3, -0.25) is 9.89 Å². The highest BCUT2D eigenvalue weighted by Crippen LogP contribution is 2.20. The summed E-state index contributed by atoms with van der Waals surface area (Å²) < 4.78 is 11.0. The Morgan fingerprint density at radius 2 is 1.91 bits per heavy atom. The number of piperidine rings is 1. The number of methoxy groups -OCH3 is 1. The molecule has 2 heterocycles. The topological polar surface area (TPSA) is 74.9 Å². The van der Waals surface area contributed by atoms with Crippen molar-refractivity contribution in [1.82, 2.24) is 20.5 Å². The second kappa shape index (κ2) is 13.7. The molecule has 2 N–H and O–H groups in total. The summed E-state index contributed by atoms with van der Waals surface area (Å²) in [4.78, 5) is 11.8. The van der Waals surface area contributed by atoms with Crippen molar-refractivity contribution in [3.8, 4) is 5.75 Å². The van der Waals surface area contributed by atoms with Crippen LogP contribution in [0.4, 0.5) is 0 Å². The zero-order valence-electron chi connectivity index (χ0n) is 19.8. The predicted octanol–water partition coefficient (Wildman–Crippen LogP) is 3.93. The number of oxazole rings is 1. The van der Waals surface area contributed by atoms with Crippen LogP contribution in [-0.2, 0) is 13.0 Å². The maximum atomic E-state index is 5.73. The molecule has 1 aliphatic rings. The highest BCUT2D eigenvalue weighted by molar-refractivity contribution is 14.0. The molecule has 1 aliphatic heterocycles. The minimum Gasteiger partial charge on any atom is -0.497 e. The normalized spacial score (nSPS) is 15.3. The van der Waals surface area contributed by atoms with Crippen LogP contribution >= 0.6 is 24.0 Å². The lowest BCUT2D eigenvalue weighted by Gasteiger charge is -2.30. The van der Waals surface area contributed by atoms with Gasteiger partial charge in [-0.1, -0.05) is 12.1 Å². The number of nitrogens with one attached hydrogen (secondary N) is 2. The third kappa shape index (κ3) is 8.27. The second-order valence-corrected chi connectivity index (χ2v) is 8.21. The summed E-state index contributed by atoms with van der Waals surface area (Å²) >= 11 is 0. The molecule has 1 saturated heterocycles. The first kappa shape index (κ1) is 26.4. The van der Waals surface area contributed by atoms with Crippen molar-refractivity contribution in [2.75, 3.05) is 39.8 Å². The van der Waals surface area contributed by atoms with Crippen LogP contribution in [0, 0.1) is 19.8 Å². The largest absolute Gasteiger partial charge is 0.497 e. The quantitative estimate of drug-likeness (QED) is 0.278. The molecule has 1 aromatic carbocycles. The van der Waals surface area contributed by atoms with Crippen molar-refractivity contribution in [2.24, 2.45) is 10.9 Å². The molecule has 0 saturated carbocycles. The van der Waals surface area contributed by atoms with Gasteiger partial charge in [-0.05, 0) is 76.7 Å². The molecule has 0 amide bonds. The van der Waals surface area contributed by atoms with Gasteiger partial charge in [0.05, 0.1) is 19.3 Å². The molecule has 0 unspecified atom stereocenters. The molecule has 8 heteroatoms. The number of rotatable bonds is 9. The van der Waals surface area contributed by atoms with E-state index in [-0.39, 0.29) is 24.0 Å². The van der Waals surface area contributed by atoms with Crippen LogP contribution in [-0.4, -0.2) is 55.7 Å². The Hall–Kier alpha value is -1.81. The van der Waals surface area contributed by atoms with E-state index < -0.39 is 0 Å². The van der Waals surface area contributed by atoms with Crippen LogP contribution in [0.15, 0.2) is 33.7 Å². The Bertz CT molecular complexity index is 810. The fourth-order valence-corrected chi connectivity index (χ4v) is 3.80. The maximum absolute atomic E-state index is 5.73. The average Bonchev–Trinajstić information content (AvgIpc) is 3.10. The summed E-state index contributed by atoms with van der Waals surface area (Å²) in [5, 5.41) is 6.83. The van der Waals surface area contributed by atoms with Crippen molar-refractivity contribution >= 4 is 29.9 Å². The standard InChI is InChI=1S/C24H37N5O2.HI/c1-5-25-24(26-13-10-20-6-8-22(30-4)9-7-20)27-16-21-11-14-29(15-12-21)17-23-28-18(2)19(3)31-23;/h6-9,21H,5,10-17H2,1-4H3,(H2,25,26,27);1H. The molecule has 1 fully saturated rings. The summed E-state index contributed by atoms with van der Waals surface area (Å²) in [5.41, 5.74) is 2.28. The molecule has 0 atom stereocenters. The van der Waals surface area contributed by atoms with Crippen molar-refractivity contribution in [2.45, 2.75) is 46.6 Å². The summed E-state index contributed by atoms with van der Waals surface area (Å²) in [6.07, 6.45) is 3.27. The van der Waals surface area contributed by atoms with E-state index in [4.69, 9.17) is 14.1 Å². The molecule has 32 heavy (non-hydrogen) atoms. The zero-order valence-corrected chi connectivity index (χ0v) is 22.1. The molecule has 1 aromatic heterocycles. The fourth-order valence-electron chi connectivity index (χ4n) is 3.80. The molecule has 3 rings (SSSR count). The van der Waals surface area contributed by atoms with E-state index in [2.05, 4.69) is 39.6 Å². The first-order valence-electron chi connectivity index (χ1n) is 11.4. The first-order valence-corrected chi connectivity index (χ1v) is 11.4. The van der Waals surface area contributed by atoms with Crippen molar-refractivity contribution < 1.29 is 9.15 Å². The number of nitrogens with zero attached hydrogens (tertiary/aromatic N) is 3. The Balaban J connectivity index is 0.00000363. The number of likely N-dealkylation sites (tertiary alicyclic amines) is 1. The van der Waals surface area contributed by atoms with Crippen LogP contribution in [0.5, 0.6) is 5.75 Å². The minimum absolute atomic E-state index is 0. The SMILES string of the molecule is CCNC(=NCC1CCN(Cc2nc(C)c(C)o2)CC1)NCCc1ccc(OC)cc1.I. The van der Waals surface area contributed by atoms with E-state index >= 15 is 0 Å². The number of aliphatic imine (C=N–C) groups is 1. The van der Waals surface area contributed by atoms with Gasteiger partial charge in [0.1, 0.15) is 11.5 Å². The molecule has 7 nitrogen and oxygen atoms in total. The van der Waals surface area contributed by atoms with Crippen molar-refractivity contribution in [1.29, 1.82) is 0 Å². The highest BCUT2D eigenvalue weighted by atomic mass is 127. The Kier molecular flexibility index (Phi) is 11.3. The Morgan fingerprint density at radius 3 is 2.50 bits per heavy atom. The number of ether oxygens (including phenoxy) is 1. The van der Waals surface area contributed by atoms with E-state index in [1.807, 2.05) is 26.0 Å². The molecule has 0 radical (unpaired) electrons. The van der Waals surface area contributed by atoms with Gasteiger partial charge in [0.2, 0.25) is 5.89 Å². The lowest BCUT2D eigenvalue weighted by atomic mass is 9.97. The van der Waals surface area contributed by atoms with Gasteiger partial charge in [-0.15, -0.1) is 24.0 Å². The van der Waals surface area contributed by atoms with Gasteiger partial charge in [-0.2, -0.15) is 0 Å². The summed E-state index contributed by atoms with van der Waals surface area (Å²) in [7, 11) is 1.69. The van der Waals surface area contributed by atoms with Crippen molar-refractivity contribution in [3.05, 3.63) is 47.2 Å². The van der Waals surface area contributed by atoms with Crippen LogP contribution < -0.4 is 15.4 Å². The Morgan fingerprint density at radius 1 is 1.19 bits per heavy atom. The van der Waals surface area contributed by atoms with Gasteiger partial charge in [0.15, 0.2) is 5.96 Å². The summed E-state index contributed by atoms with van der Waals surface area (Å²) in [6, 6.07) is 8.23. The number of halogens is 1. The van der Waals surface area contributed by atoms with Crippen LogP contribution in [0.25, 0.3) is 0 Å². The van der Waals surface area contributed by atoms with Gasteiger partial charge in [0, 0.05) is 19.6 Å². The van der Waals surface area contributed by atoms with E-state index in [0.29, 0.717) is 5.92 Å². The lowest BCUT2D eigenvalue weighted by Crippen LogP contribution is -2.39. The molecule has 178 valence electrons. The first-order chi connectivity index (χ1) is 15.1. The smallest absolute Gasteiger partial charge is 0.208 e. The highest BCUT2D eigenvalue weighted by Gasteiger charge is 2.21. The van der Waals surface area contributed by atoms with Gasteiger partial charge in [-0.25, -0.2) is 4.98 Å². The van der Waals surface area contributed by atoms with Crippen molar-refractivity contribution in [3.63, 3.8) is 0 Å². The molecule has 0 aliphatic carbocycles. The zero-order chi connectivity index (χ0) is 22.1. The van der Waals surface area contributed by atoms with Gasteiger partial charge in [0.25, 0.3) is 0 Å². The second-order valence-electron chi connectivity index (χ2n) is 8.21. The van der Waals surface area contributed by atoms with Crippen LogP contribution in [0.3, 0.4) is 0 Å². The number of guanidine groups is 1. The molecular formula is C24H38IN5O2. The maximum Gasteiger partial charge on any atom is 0.208 e. The molecule has 0 spiro atoms. The third-order valence-electron chi connectivity index (χ3n) is 5.86. The summed E-state index contributed by atoms with van der Waals surface area (Å²) in [5.74, 6) is 4.19. The summed E-state index contributed by atoms with van der Waals surface area (Å²) in [6.45, 7) is 11.6. The minimum atomic E-state index is 0. The number of hydrogen-bond donors (Lipinski definition) is 2. The number of aromatic nitrogens is 1. The molecule has 0 bridgehead atoms. The van der Waals surface area contributed by atoms with Crippen LogP contribution in [0.2, 0.25) is 0 Å². The average molecular weight is 556 g/mol. The monoisotopic (exact) mass is 555 g/mol. The predicted molar refractivity (Wildman–Crippen MR) is 140 cm³/mol. The molecule has 2 aromatic rings. The third-order valence-corrected chi connectivity index (χ3v) is 5.86. The number of hydrogen-bond acceptors (Lipinski definition) is 5. The van der Waals surface area contributed by atoms with Gasteiger partial charge >= 0.3 is 0 Å². The lowest BCUT2D eigenvalue weighted by molar-refractivity contribution is 0.166. The molecular weight excluding hydrogens is 517 g/mol. The Labute approximate surface area is 209 Å². The number of benzene rings is 1. The van der Waals surface area contributed by atoms with E-state index in [1.54, 1.807) is 7.11 Å². The fraction of sp³-hybridized carbons (Fsp3) is 0.583.